The summed E-state index contributed by atoms with van der Waals surface area (Å²) in [6.45, 7) is 0. The summed E-state index contributed by atoms with van der Waals surface area (Å²) in [5.41, 5.74) is -1.86. The lowest BCUT2D eigenvalue weighted by molar-refractivity contribution is -0.140. The van der Waals surface area contributed by atoms with Crippen molar-refractivity contribution in [3.05, 3.63) is 41.2 Å². The van der Waals surface area contributed by atoms with Crippen LogP contribution in [-0.2, 0) is 15.8 Å². The molecule has 0 aromatic heterocycles. The molecule has 1 N–H and O–H groups in total. The molecular formula is C11H5F4NO2. The minimum absolute atomic E-state index is 0.160. The summed E-state index contributed by atoms with van der Waals surface area (Å²) in [4.78, 5) is 22.1. The van der Waals surface area contributed by atoms with Crippen molar-refractivity contribution in [3.8, 4) is 0 Å². The fraction of sp³-hybridized carbons (Fsp3) is 0.0909. The average Bonchev–Trinajstić information content (AvgIpc) is 2.57. The zero-order valence-corrected chi connectivity index (χ0v) is 8.64. The summed E-state index contributed by atoms with van der Waals surface area (Å²) in [5, 5.41) is 1.89. The first-order valence-corrected chi connectivity index (χ1v) is 4.73. The van der Waals surface area contributed by atoms with Gasteiger partial charge in [0.15, 0.2) is 0 Å². The first-order valence-electron chi connectivity index (χ1n) is 4.73. The summed E-state index contributed by atoms with van der Waals surface area (Å²) in [7, 11) is 0. The molecule has 0 saturated heterocycles. The number of carbonyl (C=O) groups excluding carboxylic acids is 2. The van der Waals surface area contributed by atoms with E-state index in [-0.39, 0.29) is 11.1 Å². The van der Waals surface area contributed by atoms with Gasteiger partial charge in [-0.1, -0.05) is 6.07 Å². The van der Waals surface area contributed by atoms with E-state index in [1.807, 2.05) is 5.32 Å². The quantitative estimate of drug-likeness (QED) is 0.618. The zero-order valence-electron chi connectivity index (χ0n) is 8.64. The lowest BCUT2D eigenvalue weighted by Gasteiger charge is -2.09. The van der Waals surface area contributed by atoms with Gasteiger partial charge in [-0.3, -0.25) is 14.9 Å². The van der Waals surface area contributed by atoms with E-state index in [0.29, 0.717) is 12.1 Å². The second-order valence-corrected chi connectivity index (χ2v) is 3.57. The van der Waals surface area contributed by atoms with Gasteiger partial charge in [-0.15, -0.1) is 0 Å². The highest BCUT2D eigenvalue weighted by Crippen LogP contribution is 2.33. The molecule has 0 unspecified atom stereocenters. The monoisotopic (exact) mass is 259 g/mol. The third kappa shape index (κ3) is 2.11. The van der Waals surface area contributed by atoms with Crippen LogP contribution in [0.15, 0.2) is 24.3 Å². The number of nitrogens with one attached hydrogen (secondary N) is 1. The minimum atomic E-state index is -4.86. The van der Waals surface area contributed by atoms with Gasteiger partial charge < -0.3 is 0 Å². The van der Waals surface area contributed by atoms with Crippen LogP contribution >= 0.6 is 0 Å². The highest BCUT2D eigenvalue weighted by atomic mass is 19.4. The van der Waals surface area contributed by atoms with Crippen molar-refractivity contribution >= 4 is 17.4 Å². The number of hydrogen-bond acceptors (Lipinski definition) is 2. The van der Waals surface area contributed by atoms with Gasteiger partial charge in [0.05, 0.1) is 11.1 Å². The van der Waals surface area contributed by atoms with Gasteiger partial charge in [-0.2, -0.15) is 13.2 Å². The molecule has 1 aliphatic heterocycles. The molecule has 1 heterocycles. The van der Waals surface area contributed by atoms with Crippen LogP contribution in [0.25, 0.3) is 5.57 Å². The molecule has 2 rings (SSSR count). The van der Waals surface area contributed by atoms with Crippen LogP contribution in [0.3, 0.4) is 0 Å². The highest BCUT2D eigenvalue weighted by Gasteiger charge is 2.35. The Morgan fingerprint density at radius 2 is 1.78 bits per heavy atom. The van der Waals surface area contributed by atoms with E-state index in [1.165, 1.54) is 0 Å². The second-order valence-electron chi connectivity index (χ2n) is 3.57. The van der Waals surface area contributed by atoms with Gasteiger partial charge in [0, 0.05) is 6.08 Å². The van der Waals surface area contributed by atoms with E-state index in [1.54, 1.807) is 0 Å². The Labute approximate surface area is 98.1 Å². The number of halogens is 4. The Morgan fingerprint density at radius 3 is 2.28 bits per heavy atom. The SMILES string of the molecule is O=C1C=C(c2ccc(F)c(C(F)(F)F)c2)C(=O)N1. The topological polar surface area (TPSA) is 46.2 Å². The average molecular weight is 259 g/mol. The predicted molar refractivity (Wildman–Crippen MR) is 52.5 cm³/mol. The van der Waals surface area contributed by atoms with E-state index < -0.39 is 29.4 Å². The summed E-state index contributed by atoms with van der Waals surface area (Å²) >= 11 is 0. The molecule has 0 fully saturated rings. The summed E-state index contributed by atoms with van der Waals surface area (Å²) in [6, 6.07) is 2.11. The van der Waals surface area contributed by atoms with Crippen molar-refractivity contribution in [2.24, 2.45) is 0 Å². The van der Waals surface area contributed by atoms with Crippen LogP contribution < -0.4 is 5.32 Å². The number of alkyl halides is 3. The standard InChI is InChI=1S/C11H5F4NO2/c12-8-2-1-5(3-7(8)11(13,14)15)6-4-9(17)16-10(6)18/h1-4H,(H,16,17,18). The summed E-state index contributed by atoms with van der Waals surface area (Å²) in [6.07, 6.45) is -3.99. The van der Waals surface area contributed by atoms with E-state index in [9.17, 15) is 27.2 Å². The normalized spacial score (nSPS) is 15.7. The maximum atomic E-state index is 13.0. The molecule has 0 spiro atoms. The summed E-state index contributed by atoms with van der Waals surface area (Å²) < 4.78 is 50.4. The Hall–Kier alpha value is -2.18. The van der Waals surface area contributed by atoms with Crippen LogP contribution in [0.4, 0.5) is 17.6 Å². The van der Waals surface area contributed by atoms with Gasteiger partial charge in [0.25, 0.3) is 11.8 Å². The molecule has 7 heteroatoms. The number of carbonyl (C=O) groups is 2. The van der Waals surface area contributed by atoms with Gasteiger partial charge in [-0.05, 0) is 17.7 Å². The number of amides is 2. The van der Waals surface area contributed by atoms with Gasteiger partial charge >= 0.3 is 6.18 Å². The second kappa shape index (κ2) is 3.94. The van der Waals surface area contributed by atoms with Crippen molar-refractivity contribution < 1.29 is 27.2 Å². The van der Waals surface area contributed by atoms with Crippen LogP contribution in [0, 0.1) is 5.82 Å². The molecular weight excluding hydrogens is 254 g/mol. The fourth-order valence-electron chi connectivity index (χ4n) is 1.54. The maximum Gasteiger partial charge on any atom is 0.419 e. The molecule has 2 amide bonds. The third-order valence-electron chi connectivity index (χ3n) is 2.34. The number of benzene rings is 1. The van der Waals surface area contributed by atoms with Crippen molar-refractivity contribution in [2.45, 2.75) is 6.18 Å². The first kappa shape index (κ1) is 12.3. The number of hydrogen-bond donors (Lipinski definition) is 1. The van der Waals surface area contributed by atoms with Crippen LogP contribution in [0.2, 0.25) is 0 Å². The molecule has 1 aliphatic rings. The van der Waals surface area contributed by atoms with E-state index >= 15 is 0 Å². The largest absolute Gasteiger partial charge is 0.419 e. The van der Waals surface area contributed by atoms with E-state index in [2.05, 4.69) is 0 Å². The highest BCUT2D eigenvalue weighted by molar-refractivity contribution is 6.33. The molecule has 0 bridgehead atoms. The smallest absolute Gasteiger partial charge is 0.289 e. The Bertz CT molecular complexity index is 575. The minimum Gasteiger partial charge on any atom is -0.289 e. The molecule has 0 atom stereocenters. The fourth-order valence-corrected chi connectivity index (χ4v) is 1.54. The van der Waals surface area contributed by atoms with E-state index in [0.717, 1.165) is 12.1 Å². The van der Waals surface area contributed by atoms with Crippen LogP contribution in [-0.4, -0.2) is 11.8 Å². The van der Waals surface area contributed by atoms with Gasteiger partial charge in [0.1, 0.15) is 5.82 Å². The molecule has 94 valence electrons. The Kier molecular flexibility index (Phi) is 2.68. The molecule has 0 radical (unpaired) electrons. The van der Waals surface area contributed by atoms with Gasteiger partial charge in [-0.25, -0.2) is 4.39 Å². The van der Waals surface area contributed by atoms with Crippen molar-refractivity contribution in [1.82, 2.24) is 5.32 Å². The van der Waals surface area contributed by atoms with Gasteiger partial charge in [0.2, 0.25) is 0 Å². The van der Waals surface area contributed by atoms with Crippen molar-refractivity contribution in [1.29, 1.82) is 0 Å². The third-order valence-corrected chi connectivity index (χ3v) is 2.34. The first-order chi connectivity index (χ1) is 8.29. The Balaban J connectivity index is 2.52. The van der Waals surface area contributed by atoms with Crippen molar-refractivity contribution in [2.75, 3.05) is 0 Å². The lowest BCUT2D eigenvalue weighted by atomic mass is 10.0. The van der Waals surface area contributed by atoms with Crippen LogP contribution in [0.1, 0.15) is 11.1 Å². The molecule has 1 aromatic rings. The molecule has 3 nitrogen and oxygen atoms in total. The molecule has 18 heavy (non-hydrogen) atoms. The molecule has 0 saturated carbocycles. The number of rotatable bonds is 1. The summed E-state index contributed by atoms with van der Waals surface area (Å²) in [5.74, 6) is -2.95. The zero-order chi connectivity index (χ0) is 13.5. The van der Waals surface area contributed by atoms with Crippen molar-refractivity contribution in [3.63, 3.8) is 0 Å². The lowest BCUT2D eigenvalue weighted by Crippen LogP contribution is -2.21. The predicted octanol–water partition coefficient (Wildman–Crippen LogP) is 1.88. The Morgan fingerprint density at radius 1 is 1.11 bits per heavy atom. The number of imide groups is 1. The molecule has 0 aliphatic carbocycles. The van der Waals surface area contributed by atoms with E-state index in [4.69, 9.17) is 0 Å². The maximum absolute atomic E-state index is 13.0. The van der Waals surface area contributed by atoms with Crippen LogP contribution in [0.5, 0.6) is 0 Å². The molecule has 1 aromatic carbocycles.